The zero-order valence-electron chi connectivity index (χ0n) is 18.6. The molecule has 3 N–H and O–H groups in total. The zero-order chi connectivity index (χ0) is 23.9. The van der Waals surface area contributed by atoms with E-state index in [0.29, 0.717) is 38.6 Å². The molecule has 0 aliphatic carbocycles. The van der Waals surface area contributed by atoms with E-state index in [2.05, 4.69) is 0 Å². The van der Waals surface area contributed by atoms with Crippen LogP contribution in [0.25, 0.3) is 33.1 Å². The quantitative estimate of drug-likeness (QED) is 0.267. The summed E-state index contributed by atoms with van der Waals surface area (Å²) in [5.74, 6) is -1.13. The van der Waals surface area contributed by atoms with Gasteiger partial charge in [-0.2, -0.15) is 0 Å². The Balaban J connectivity index is 1.97. The van der Waals surface area contributed by atoms with Crippen molar-refractivity contribution < 1.29 is 29.7 Å². The van der Waals surface area contributed by atoms with Crippen LogP contribution in [-0.2, 0) is 16.3 Å². The van der Waals surface area contributed by atoms with Crippen molar-refractivity contribution in [2.45, 2.75) is 38.8 Å². The van der Waals surface area contributed by atoms with E-state index in [1.54, 1.807) is 38.1 Å². The Morgan fingerprint density at radius 1 is 0.818 bits per heavy atom. The molecule has 0 unspecified atom stereocenters. The van der Waals surface area contributed by atoms with Gasteiger partial charge in [-0.05, 0) is 80.8 Å². The minimum absolute atomic E-state index is 0.00556. The second-order valence-electron chi connectivity index (χ2n) is 9.50. The van der Waals surface area contributed by atoms with E-state index in [-0.39, 0.29) is 17.1 Å². The molecule has 0 amide bonds. The number of hydroxylamine groups is 2. The van der Waals surface area contributed by atoms with Gasteiger partial charge in [-0.3, -0.25) is 0 Å². The summed E-state index contributed by atoms with van der Waals surface area (Å²) < 4.78 is 5.93. The van der Waals surface area contributed by atoms with Crippen LogP contribution >= 0.6 is 0 Å². The maximum absolute atomic E-state index is 13.1. The Hall–Kier alpha value is -3.68. The van der Waals surface area contributed by atoms with Gasteiger partial charge in [0.2, 0.25) is 0 Å². The van der Waals surface area contributed by atoms with Crippen molar-refractivity contribution in [1.29, 1.82) is 0 Å². The average molecular weight is 445 g/mol. The molecule has 0 spiro atoms. The molecule has 4 aromatic rings. The number of benzene rings is 3. The normalized spacial score (nSPS) is 16.9. The fourth-order valence-corrected chi connectivity index (χ4v) is 5.07. The number of rotatable bonds is 2. The summed E-state index contributed by atoms with van der Waals surface area (Å²) in [6.07, 6.45) is 0. The maximum Gasteiger partial charge on any atom is 0.365 e. The lowest BCUT2D eigenvalue weighted by atomic mass is 9.84. The van der Waals surface area contributed by atoms with E-state index in [0.717, 1.165) is 10.6 Å². The Labute approximate surface area is 189 Å². The number of carbonyl (C=O) groups is 1. The number of carboxylic acid groups (broad SMARTS) is 1. The molecular formula is C26H23NO6+. The summed E-state index contributed by atoms with van der Waals surface area (Å²) >= 11 is 0. The van der Waals surface area contributed by atoms with Crippen LogP contribution in [0.15, 0.2) is 52.9 Å². The van der Waals surface area contributed by atoms with Crippen molar-refractivity contribution in [3.63, 3.8) is 0 Å². The lowest BCUT2D eigenvalue weighted by Crippen LogP contribution is -2.41. The first-order valence-electron chi connectivity index (χ1n) is 10.5. The SMILES string of the molecule is CC1(C)c2cc(C(=O)O)c(-c3c4ccc(O)cc4[o+]c4cc(O)ccc34)cc2C(C)(C)N1[O]. The van der Waals surface area contributed by atoms with Crippen LogP contribution < -0.4 is 0 Å². The van der Waals surface area contributed by atoms with E-state index in [1.165, 1.54) is 24.3 Å². The molecule has 0 saturated heterocycles. The highest BCUT2D eigenvalue weighted by Crippen LogP contribution is 2.51. The first-order valence-corrected chi connectivity index (χ1v) is 10.5. The summed E-state index contributed by atoms with van der Waals surface area (Å²) in [4.78, 5) is 12.4. The second kappa shape index (κ2) is 6.66. The standard InChI is InChI=1S/C26H22NO6/c1-25(2)19-11-17(18(24(30)31)12-20(19)26(3,4)27(25)32)23-15-7-5-13(28)9-21(15)33-22-10-14(29)6-8-16(22)23/h5-12H,1-4H3,(H2-,28,29,30,31)/p+1. The van der Waals surface area contributed by atoms with Crippen LogP contribution in [0, 0.1) is 0 Å². The predicted octanol–water partition coefficient (Wildman–Crippen LogP) is 5.77. The van der Waals surface area contributed by atoms with Gasteiger partial charge in [0.05, 0.1) is 39.5 Å². The van der Waals surface area contributed by atoms with Gasteiger partial charge in [0.1, 0.15) is 11.5 Å². The molecule has 1 radical (unpaired) electrons. The predicted molar refractivity (Wildman–Crippen MR) is 122 cm³/mol. The largest absolute Gasteiger partial charge is 0.508 e. The molecule has 0 bridgehead atoms. The number of fused-ring (bicyclic) bond motifs is 3. The molecule has 0 fully saturated rings. The van der Waals surface area contributed by atoms with Crippen LogP contribution in [-0.4, -0.2) is 26.4 Å². The minimum atomic E-state index is -1.12. The van der Waals surface area contributed by atoms with E-state index in [4.69, 9.17) is 4.42 Å². The topological polar surface area (TPSA) is 112 Å². The summed E-state index contributed by atoms with van der Waals surface area (Å²) in [7, 11) is 0. The van der Waals surface area contributed by atoms with Gasteiger partial charge in [0.25, 0.3) is 0 Å². The summed E-state index contributed by atoms with van der Waals surface area (Å²) in [5.41, 5.74) is 1.42. The van der Waals surface area contributed by atoms with Gasteiger partial charge < -0.3 is 15.3 Å². The van der Waals surface area contributed by atoms with E-state index < -0.39 is 17.0 Å². The molecule has 5 rings (SSSR count). The Morgan fingerprint density at radius 2 is 1.30 bits per heavy atom. The number of aromatic carboxylic acids is 1. The zero-order valence-corrected chi connectivity index (χ0v) is 18.6. The maximum atomic E-state index is 13.1. The lowest BCUT2D eigenvalue weighted by molar-refractivity contribution is -0.266. The third kappa shape index (κ3) is 2.90. The monoisotopic (exact) mass is 445 g/mol. The van der Waals surface area contributed by atoms with E-state index >= 15 is 0 Å². The number of phenolic OH excluding ortho intramolecular Hbond substituents is 2. The van der Waals surface area contributed by atoms with Crippen molar-refractivity contribution in [3.05, 3.63) is 65.2 Å². The lowest BCUT2D eigenvalue weighted by Gasteiger charge is -2.32. The highest BCUT2D eigenvalue weighted by atomic mass is 16.5. The number of hydrogen-bond acceptors (Lipinski definition) is 4. The molecule has 1 aliphatic rings. The molecule has 3 aromatic carbocycles. The van der Waals surface area contributed by atoms with Crippen LogP contribution in [0.2, 0.25) is 0 Å². The third-order valence-electron chi connectivity index (χ3n) is 6.68. The summed E-state index contributed by atoms with van der Waals surface area (Å²) in [5, 5.41) is 45.5. The number of carboxylic acids is 1. The van der Waals surface area contributed by atoms with Crippen molar-refractivity contribution >= 4 is 27.9 Å². The molecule has 167 valence electrons. The highest BCUT2D eigenvalue weighted by molar-refractivity contribution is 6.12. The molecule has 7 heteroatoms. The molecule has 1 aliphatic heterocycles. The number of hydrogen-bond donors (Lipinski definition) is 3. The summed E-state index contributed by atoms with van der Waals surface area (Å²) in [6, 6.07) is 12.6. The Kier molecular flexibility index (Phi) is 4.28. The number of aromatic hydroxyl groups is 2. The first-order chi connectivity index (χ1) is 15.4. The smallest absolute Gasteiger partial charge is 0.365 e. The third-order valence-corrected chi connectivity index (χ3v) is 6.68. The van der Waals surface area contributed by atoms with Crippen molar-refractivity contribution in [1.82, 2.24) is 5.06 Å². The van der Waals surface area contributed by atoms with Crippen LogP contribution in [0.5, 0.6) is 11.5 Å². The Morgan fingerprint density at radius 3 is 1.79 bits per heavy atom. The van der Waals surface area contributed by atoms with E-state index in [9.17, 15) is 25.3 Å². The van der Waals surface area contributed by atoms with Crippen molar-refractivity contribution in [2.24, 2.45) is 0 Å². The van der Waals surface area contributed by atoms with E-state index in [1.807, 2.05) is 13.8 Å². The van der Waals surface area contributed by atoms with Gasteiger partial charge in [-0.15, -0.1) is 10.3 Å². The molecular weight excluding hydrogens is 422 g/mol. The molecule has 7 nitrogen and oxygen atoms in total. The molecule has 33 heavy (non-hydrogen) atoms. The van der Waals surface area contributed by atoms with Gasteiger partial charge >= 0.3 is 17.1 Å². The first kappa shape index (κ1) is 21.2. The minimum Gasteiger partial charge on any atom is -0.508 e. The van der Waals surface area contributed by atoms with Crippen molar-refractivity contribution in [2.75, 3.05) is 0 Å². The van der Waals surface area contributed by atoms with Crippen LogP contribution in [0.3, 0.4) is 0 Å². The molecule has 1 aromatic heterocycles. The van der Waals surface area contributed by atoms with Crippen molar-refractivity contribution in [3.8, 4) is 22.6 Å². The van der Waals surface area contributed by atoms with Gasteiger partial charge in [-0.1, -0.05) is 0 Å². The van der Waals surface area contributed by atoms with Crippen LogP contribution in [0.1, 0.15) is 49.2 Å². The highest BCUT2D eigenvalue weighted by Gasteiger charge is 2.50. The second-order valence-corrected chi connectivity index (χ2v) is 9.50. The van der Waals surface area contributed by atoms with Crippen LogP contribution in [0.4, 0.5) is 0 Å². The molecule has 2 heterocycles. The fourth-order valence-electron chi connectivity index (χ4n) is 5.07. The Bertz CT molecular complexity index is 1430. The van der Waals surface area contributed by atoms with Gasteiger partial charge in [0.15, 0.2) is 0 Å². The fraction of sp³-hybridized carbons (Fsp3) is 0.231. The number of phenols is 2. The number of nitrogens with zero attached hydrogens (tertiary/aromatic N) is 1. The van der Waals surface area contributed by atoms with Gasteiger partial charge in [-0.25, -0.2) is 9.21 Å². The molecule has 0 saturated carbocycles. The average Bonchev–Trinajstić information content (AvgIpc) is 2.88. The van der Waals surface area contributed by atoms with Gasteiger partial charge in [0, 0.05) is 5.56 Å². The molecule has 0 atom stereocenters. The summed E-state index contributed by atoms with van der Waals surface area (Å²) in [6.45, 7) is 7.22.